The number of methoxy groups -OCH3 is 1. The Morgan fingerprint density at radius 1 is 0.925 bits per heavy atom. The molecule has 1 aromatic heterocycles. The molecule has 40 heavy (non-hydrogen) atoms. The average molecular weight is 528 g/mol. The molecule has 4 unspecified atom stereocenters. The highest BCUT2D eigenvalue weighted by molar-refractivity contribution is 6.01. The second-order valence-corrected chi connectivity index (χ2v) is 13.5. The predicted octanol–water partition coefficient (Wildman–Crippen LogP) is 7.11. The molecule has 5 aromatic rings. The summed E-state index contributed by atoms with van der Waals surface area (Å²) in [6, 6.07) is 24.5. The van der Waals surface area contributed by atoms with E-state index in [0.717, 1.165) is 17.0 Å². The van der Waals surface area contributed by atoms with Crippen LogP contribution < -0.4 is 4.57 Å². The first-order valence-corrected chi connectivity index (χ1v) is 14.3. The van der Waals surface area contributed by atoms with Crippen LogP contribution in [0.25, 0.3) is 44.1 Å². The Morgan fingerprint density at radius 3 is 2.35 bits per heavy atom. The lowest BCUT2D eigenvalue weighted by Crippen LogP contribution is -2.55. The van der Waals surface area contributed by atoms with Crippen molar-refractivity contribution >= 4 is 21.5 Å². The number of rotatable bonds is 1. The number of hydrogen-bond acceptors (Lipinski definition) is 3. The van der Waals surface area contributed by atoms with Crippen LogP contribution in [-0.2, 0) is 21.1 Å². The van der Waals surface area contributed by atoms with E-state index < -0.39 is 16.7 Å². The number of ether oxygens (including phenoxy) is 1. The van der Waals surface area contributed by atoms with Gasteiger partial charge >= 0.3 is 0 Å². The zero-order valence-electron chi connectivity index (χ0n) is 24.3. The van der Waals surface area contributed by atoms with Crippen LogP contribution in [0.1, 0.15) is 69.7 Å². The molecule has 0 bridgehead atoms. The summed E-state index contributed by atoms with van der Waals surface area (Å²) < 4.78 is 8.19. The van der Waals surface area contributed by atoms with Crippen LogP contribution in [-0.4, -0.2) is 23.0 Å². The maximum Gasteiger partial charge on any atom is 0.288 e. The molecule has 2 heterocycles. The van der Waals surface area contributed by atoms with Crippen LogP contribution in [0.5, 0.6) is 0 Å². The minimum absolute atomic E-state index is 0.0530. The minimum Gasteiger partial charge on any atom is -0.361 e. The van der Waals surface area contributed by atoms with Gasteiger partial charge in [0.15, 0.2) is 11.2 Å². The zero-order chi connectivity index (χ0) is 28.0. The largest absolute Gasteiger partial charge is 0.361 e. The zero-order valence-corrected chi connectivity index (χ0v) is 24.3. The first-order chi connectivity index (χ1) is 19.0. The maximum absolute atomic E-state index is 12.1. The molecule has 1 saturated carbocycles. The van der Waals surface area contributed by atoms with Gasteiger partial charge in [0, 0.05) is 24.2 Å². The smallest absolute Gasteiger partial charge is 0.288 e. The lowest BCUT2D eigenvalue weighted by Gasteiger charge is -2.29. The lowest BCUT2D eigenvalue weighted by molar-refractivity contribution is -0.744. The Labute approximate surface area is 235 Å². The van der Waals surface area contributed by atoms with E-state index in [4.69, 9.17) is 9.72 Å². The van der Waals surface area contributed by atoms with E-state index in [1.54, 1.807) is 7.11 Å². The van der Waals surface area contributed by atoms with Gasteiger partial charge in [-0.05, 0) is 74.6 Å². The molecule has 4 atom stereocenters. The van der Waals surface area contributed by atoms with Crippen molar-refractivity contribution in [3.05, 3.63) is 95.3 Å². The first kappa shape index (κ1) is 24.2. The molecular formula is C36H35N2O2+. The van der Waals surface area contributed by atoms with E-state index in [1.165, 1.54) is 49.4 Å². The van der Waals surface area contributed by atoms with Gasteiger partial charge in [0.1, 0.15) is 11.1 Å². The van der Waals surface area contributed by atoms with Gasteiger partial charge in [-0.3, -0.25) is 0 Å². The highest BCUT2D eigenvalue weighted by atomic mass is 16.6. The molecule has 4 aromatic carbocycles. The highest BCUT2D eigenvalue weighted by Crippen LogP contribution is 2.72. The van der Waals surface area contributed by atoms with Crippen LogP contribution in [0.2, 0.25) is 0 Å². The summed E-state index contributed by atoms with van der Waals surface area (Å²) in [4.78, 5) is 5.12. The van der Waals surface area contributed by atoms with Gasteiger partial charge in [0.2, 0.25) is 5.79 Å². The second-order valence-electron chi connectivity index (χ2n) is 13.5. The van der Waals surface area contributed by atoms with Gasteiger partial charge < -0.3 is 9.84 Å². The summed E-state index contributed by atoms with van der Waals surface area (Å²) in [7, 11) is 1.62. The highest BCUT2D eigenvalue weighted by Gasteiger charge is 2.91. The molecule has 200 valence electrons. The Hall–Kier alpha value is -3.60. The van der Waals surface area contributed by atoms with Crippen LogP contribution >= 0.6 is 0 Å². The quantitative estimate of drug-likeness (QED) is 0.187. The van der Waals surface area contributed by atoms with Gasteiger partial charge in [-0.2, -0.15) is 0 Å². The fourth-order valence-corrected chi connectivity index (χ4v) is 8.22. The third-order valence-corrected chi connectivity index (χ3v) is 10.8. The van der Waals surface area contributed by atoms with E-state index in [2.05, 4.69) is 113 Å². The molecule has 8 rings (SSSR count). The fraction of sp³-hybridized carbons (Fsp3) is 0.333. The topological polar surface area (TPSA) is 46.2 Å². The number of hydrogen-bond donors (Lipinski definition) is 1. The second kappa shape index (κ2) is 7.18. The summed E-state index contributed by atoms with van der Waals surface area (Å²) in [5.41, 5.74) is 8.30. The summed E-state index contributed by atoms with van der Waals surface area (Å²) in [6.45, 7) is 13.3. The van der Waals surface area contributed by atoms with Crippen molar-refractivity contribution in [1.82, 2.24) is 4.98 Å². The van der Waals surface area contributed by atoms with Crippen LogP contribution in [0, 0.1) is 0 Å². The van der Waals surface area contributed by atoms with Crippen LogP contribution in [0.3, 0.4) is 0 Å². The van der Waals surface area contributed by atoms with Crippen molar-refractivity contribution in [2.75, 3.05) is 7.11 Å². The third-order valence-electron chi connectivity index (χ3n) is 10.8. The van der Waals surface area contributed by atoms with E-state index >= 15 is 0 Å². The summed E-state index contributed by atoms with van der Waals surface area (Å²) in [6.07, 6.45) is 1.95. The Morgan fingerprint density at radius 2 is 1.65 bits per heavy atom. The summed E-state index contributed by atoms with van der Waals surface area (Å²) >= 11 is 0. The molecular weight excluding hydrogens is 492 g/mol. The van der Waals surface area contributed by atoms with Gasteiger partial charge in [0.25, 0.3) is 6.33 Å². The number of fused-ring (bicyclic) bond motifs is 13. The number of aromatic nitrogens is 2. The Kier molecular flexibility index (Phi) is 4.35. The van der Waals surface area contributed by atoms with Crippen molar-refractivity contribution in [2.45, 2.75) is 69.6 Å². The molecule has 2 aliphatic carbocycles. The minimum atomic E-state index is -1.36. The van der Waals surface area contributed by atoms with E-state index in [-0.39, 0.29) is 11.3 Å². The van der Waals surface area contributed by atoms with Crippen LogP contribution in [0.15, 0.2) is 73.1 Å². The Balaban J connectivity index is 1.50. The lowest BCUT2D eigenvalue weighted by atomic mass is 9.78. The SMILES string of the molecule is COC1(O)C2(C)c3ccc4cc(C(C)(C)C)ccc4c3-c3c4c(nc[n+]3C12C)-c1cc2ccccc2cc1C4C. The fourth-order valence-electron chi connectivity index (χ4n) is 8.22. The van der Waals surface area contributed by atoms with Gasteiger partial charge in [-0.25, -0.2) is 4.57 Å². The summed E-state index contributed by atoms with van der Waals surface area (Å²) in [5.74, 6) is -1.20. The molecule has 0 radical (unpaired) electrons. The predicted molar refractivity (Wildman–Crippen MR) is 159 cm³/mol. The van der Waals surface area contributed by atoms with Crippen molar-refractivity contribution in [2.24, 2.45) is 0 Å². The Bertz CT molecular complexity index is 1950. The van der Waals surface area contributed by atoms with Crippen molar-refractivity contribution < 1.29 is 14.4 Å². The van der Waals surface area contributed by atoms with Crippen molar-refractivity contribution in [1.29, 1.82) is 0 Å². The van der Waals surface area contributed by atoms with Crippen LogP contribution in [0.4, 0.5) is 0 Å². The molecule has 1 fully saturated rings. The third kappa shape index (κ3) is 2.48. The van der Waals surface area contributed by atoms with E-state index in [1.807, 2.05) is 6.33 Å². The molecule has 1 aliphatic heterocycles. The monoisotopic (exact) mass is 527 g/mol. The number of benzene rings is 4. The summed E-state index contributed by atoms with van der Waals surface area (Å²) in [5, 5.41) is 17.0. The number of nitrogens with zero attached hydrogens (tertiary/aromatic N) is 2. The molecule has 4 nitrogen and oxygen atoms in total. The molecule has 0 spiro atoms. The van der Waals surface area contributed by atoms with Gasteiger partial charge in [-0.1, -0.05) is 82.3 Å². The molecule has 3 aliphatic rings. The van der Waals surface area contributed by atoms with Crippen molar-refractivity contribution in [3.8, 4) is 22.5 Å². The van der Waals surface area contributed by atoms with E-state index in [9.17, 15) is 5.11 Å². The molecule has 0 amide bonds. The van der Waals surface area contributed by atoms with Gasteiger partial charge in [0.05, 0.1) is 5.56 Å². The maximum atomic E-state index is 12.1. The average Bonchev–Trinajstić information content (AvgIpc) is 3.20. The van der Waals surface area contributed by atoms with Crippen molar-refractivity contribution in [3.63, 3.8) is 0 Å². The van der Waals surface area contributed by atoms with E-state index in [0.29, 0.717) is 0 Å². The molecule has 0 saturated heterocycles. The molecule has 1 N–H and O–H groups in total. The standard InChI is InChI=1S/C36H35N2O2/c1-20-26-17-21-10-8-9-11-22(21)18-27(26)31-29(20)32-30-25-14-13-24(33(2,3)4)16-23(25)12-15-28(30)34(5)35(6,36(34,39)40-7)38(32)19-37-31/h8-20,39H,1-7H3/q+1. The normalized spacial score (nSPS) is 27.6. The molecule has 4 heteroatoms. The number of aliphatic hydroxyl groups is 1. The first-order valence-electron chi connectivity index (χ1n) is 14.3. The van der Waals surface area contributed by atoms with Gasteiger partial charge in [-0.15, -0.1) is 0 Å².